The first-order chi connectivity index (χ1) is 19.4. The van der Waals surface area contributed by atoms with Crippen LogP contribution >= 0.6 is 11.6 Å². The van der Waals surface area contributed by atoms with Gasteiger partial charge in [0.05, 0.1) is 11.1 Å². The zero-order valence-corrected chi connectivity index (χ0v) is 23.4. The number of hydrogen-bond donors (Lipinski definition) is 2. The lowest BCUT2D eigenvalue weighted by Crippen LogP contribution is -2.26. The standard InChI is InChI=1S/C35H35ClO4/c36-26-14-12-24-19-25(11-9-21-5-2-1-3-6-21)33-27-15-10-22(17-23(27)13-16-28(33)31(24)20-26)18-32-29(34(37)38)7-4-8-30(32)35(39)40/h4,7-8,12-14,16-17,19-22,25H,1-3,5-6,9-11,15,18H2,(H,37,38)(H,39,40). The maximum atomic E-state index is 11.9. The van der Waals surface area contributed by atoms with Gasteiger partial charge in [-0.3, -0.25) is 0 Å². The molecule has 40 heavy (non-hydrogen) atoms. The predicted octanol–water partition coefficient (Wildman–Crippen LogP) is 6.85. The van der Waals surface area contributed by atoms with Gasteiger partial charge in [-0.1, -0.05) is 80.1 Å². The molecule has 2 unspecified atom stereocenters. The monoisotopic (exact) mass is 554 g/mol. The topological polar surface area (TPSA) is 74.6 Å². The van der Waals surface area contributed by atoms with Crippen molar-refractivity contribution in [2.75, 3.05) is 0 Å². The number of aromatic carboxylic acids is 2. The van der Waals surface area contributed by atoms with Crippen LogP contribution < -0.4 is 10.4 Å². The average Bonchev–Trinajstić information content (AvgIpc) is 2.96. The molecule has 6 rings (SSSR count). The lowest BCUT2D eigenvalue weighted by atomic mass is 9.76. The van der Waals surface area contributed by atoms with Crippen LogP contribution in [0.5, 0.6) is 0 Å². The van der Waals surface area contributed by atoms with Crippen molar-refractivity contribution in [3.8, 4) is 0 Å². The first-order valence-electron chi connectivity index (χ1n) is 14.6. The molecule has 0 bridgehead atoms. The summed E-state index contributed by atoms with van der Waals surface area (Å²) in [5.41, 5.74) is 3.38. The summed E-state index contributed by atoms with van der Waals surface area (Å²) in [5, 5.41) is 25.2. The molecule has 1 saturated carbocycles. The molecule has 3 aromatic rings. The van der Waals surface area contributed by atoms with Crippen LogP contribution in [0.4, 0.5) is 0 Å². The van der Waals surface area contributed by atoms with E-state index in [0.717, 1.165) is 30.2 Å². The molecule has 2 N–H and O–H groups in total. The zero-order valence-electron chi connectivity index (χ0n) is 22.7. The van der Waals surface area contributed by atoms with E-state index in [9.17, 15) is 19.8 Å². The Morgan fingerprint density at radius 1 is 0.800 bits per heavy atom. The Kier molecular flexibility index (Phi) is 7.55. The number of carbonyl (C=O) groups is 2. The van der Waals surface area contributed by atoms with Crippen molar-refractivity contribution in [3.05, 3.63) is 102 Å². The van der Waals surface area contributed by atoms with E-state index in [4.69, 9.17) is 11.6 Å². The summed E-state index contributed by atoms with van der Waals surface area (Å²) in [6.07, 6.45) is 16.0. The highest BCUT2D eigenvalue weighted by Crippen LogP contribution is 2.36. The van der Waals surface area contributed by atoms with Crippen molar-refractivity contribution in [1.82, 2.24) is 0 Å². The largest absolute Gasteiger partial charge is 0.478 e. The van der Waals surface area contributed by atoms with E-state index in [-0.39, 0.29) is 17.0 Å². The third-order valence-electron chi connectivity index (χ3n) is 9.34. The van der Waals surface area contributed by atoms with Crippen LogP contribution in [0.3, 0.4) is 0 Å². The first kappa shape index (κ1) is 26.8. The van der Waals surface area contributed by atoms with Gasteiger partial charge in [-0.15, -0.1) is 0 Å². The van der Waals surface area contributed by atoms with Gasteiger partial charge >= 0.3 is 11.9 Å². The van der Waals surface area contributed by atoms with E-state index in [1.807, 2.05) is 6.07 Å². The molecule has 1 fully saturated rings. The van der Waals surface area contributed by atoms with Crippen LogP contribution in [0.15, 0.2) is 48.5 Å². The minimum Gasteiger partial charge on any atom is -0.478 e. The second-order valence-electron chi connectivity index (χ2n) is 11.8. The van der Waals surface area contributed by atoms with Crippen molar-refractivity contribution in [3.63, 3.8) is 0 Å². The summed E-state index contributed by atoms with van der Waals surface area (Å²) < 4.78 is 0. The maximum Gasteiger partial charge on any atom is 0.335 e. The van der Waals surface area contributed by atoms with Crippen molar-refractivity contribution in [2.24, 2.45) is 11.8 Å². The quantitative estimate of drug-likeness (QED) is 0.335. The number of fused-ring (bicyclic) bond motifs is 4. The average molecular weight is 555 g/mol. The van der Waals surface area contributed by atoms with E-state index in [1.54, 1.807) is 0 Å². The van der Waals surface area contributed by atoms with Gasteiger partial charge in [0.25, 0.3) is 0 Å². The molecule has 0 spiro atoms. The fraction of sp³-hybridized carbons (Fsp3) is 0.371. The molecule has 5 heteroatoms. The van der Waals surface area contributed by atoms with Crippen molar-refractivity contribution in [1.29, 1.82) is 0 Å². The molecule has 4 nitrogen and oxygen atoms in total. The molecule has 2 atom stereocenters. The highest BCUT2D eigenvalue weighted by molar-refractivity contribution is 6.30. The number of hydrogen-bond acceptors (Lipinski definition) is 2. The first-order valence-corrected chi connectivity index (χ1v) is 15.0. The summed E-state index contributed by atoms with van der Waals surface area (Å²) in [4.78, 5) is 23.8. The Labute approximate surface area is 239 Å². The minimum atomic E-state index is -1.09. The highest BCUT2D eigenvalue weighted by atomic mass is 35.5. The van der Waals surface area contributed by atoms with Crippen molar-refractivity contribution < 1.29 is 19.8 Å². The molecule has 0 saturated heterocycles. The molecule has 3 aromatic carbocycles. The summed E-state index contributed by atoms with van der Waals surface area (Å²) >= 11 is 6.45. The number of rotatable bonds is 7. The van der Waals surface area contributed by atoms with Gasteiger partial charge in [0.15, 0.2) is 0 Å². The molecule has 0 radical (unpaired) electrons. The van der Waals surface area contributed by atoms with Crippen LogP contribution in [0.25, 0.3) is 12.2 Å². The molecule has 206 valence electrons. The molecule has 3 aliphatic rings. The van der Waals surface area contributed by atoms with Gasteiger partial charge in [0.1, 0.15) is 0 Å². The van der Waals surface area contributed by atoms with E-state index in [0.29, 0.717) is 17.9 Å². The maximum absolute atomic E-state index is 11.9. The Morgan fingerprint density at radius 2 is 1.52 bits per heavy atom. The van der Waals surface area contributed by atoms with E-state index in [2.05, 4.69) is 36.4 Å². The van der Waals surface area contributed by atoms with Gasteiger partial charge < -0.3 is 10.2 Å². The van der Waals surface area contributed by atoms with Crippen LogP contribution in [-0.4, -0.2) is 22.2 Å². The van der Waals surface area contributed by atoms with Gasteiger partial charge in [-0.25, -0.2) is 9.59 Å². The fourth-order valence-electron chi connectivity index (χ4n) is 7.40. The lowest BCUT2D eigenvalue weighted by Gasteiger charge is -2.28. The summed E-state index contributed by atoms with van der Waals surface area (Å²) in [6.45, 7) is 0. The number of carboxylic acid groups (broad SMARTS) is 2. The minimum absolute atomic E-state index is 0.0686. The Morgan fingerprint density at radius 3 is 2.25 bits per heavy atom. The molecule has 0 heterocycles. The number of benzene rings is 3. The molecule has 0 aliphatic heterocycles. The summed E-state index contributed by atoms with van der Waals surface area (Å²) in [7, 11) is 0. The number of halogens is 1. The van der Waals surface area contributed by atoms with Crippen molar-refractivity contribution in [2.45, 2.75) is 70.1 Å². The molecule has 0 aromatic heterocycles. The van der Waals surface area contributed by atoms with E-state index in [1.165, 1.54) is 88.7 Å². The third kappa shape index (κ3) is 5.22. The normalized spacial score (nSPS) is 19.9. The fourth-order valence-corrected chi connectivity index (χ4v) is 7.57. The Hall–Kier alpha value is -3.37. The van der Waals surface area contributed by atoms with Gasteiger partial charge in [-0.2, -0.15) is 0 Å². The van der Waals surface area contributed by atoms with Crippen LogP contribution in [-0.2, 0) is 12.8 Å². The van der Waals surface area contributed by atoms with E-state index >= 15 is 0 Å². The molecule has 0 amide bonds. The second kappa shape index (κ2) is 11.2. The number of carboxylic acids is 2. The van der Waals surface area contributed by atoms with Crippen molar-refractivity contribution >= 4 is 35.7 Å². The SMILES string of the molecule is O=C(O)c1cccc(C(=O)O)c1CC1C=c2ccc3c(c2CC1)C(CCC1CCCCC1)C=c1ccc(Cl)cc1=3. The third-order valence-corrected chi connectivity index (χ3v) is 9.58. The van der Waals surface area contributed by atoms with Gasteiger partial charge in [0, 0.05) is 10.9 Å². The lowest BCUT2D eigenvalue weighted by molar-refractivity contribution is 0.0695. The predicted molar refractivity (Wildman–Crippen MR) is 158 cm³/mol. The van der Waals surface area contributed by atoms with Crippen LogP contribution in [0.1, 0.15) is 94.7 Å². The Balaban J connectivity index is 1.41. The summed E-state index contributed by atoms with van der Waals surface area (Å²) in [6, 6.07) is 15.2. The van der Waals surface area contributed by atoms with Gasteiger partial charge in [0.2, 0.25) is 0 Å². The van der Waals surface area contributed by atoms with Gasteiger partial charge in [-0.05, 0) is 106 Å². The van der Waals surface area contributed by atoms with E-state index < -0.39 is 11.9 Å². The van der Waals surface area contributed by atoms with Crippen LogP contribution in [0, 0.1) is 22.3 Å². The Bertz CT molecular complexity index is 1670. The molecule has 3 aliphatic carbocycles. The molecular formula is C35H35ClO4. The zero-order chi connectivity index (χ0) is 27.8. The smallest absolute Gasteiger partial charge is 0.335 e. The highest BCUT2D eigenvalue weighted by Gasteiger charge is 2.26. The van der Waals surface area contributed by atoms with Crippen LogP contribution in [0.2, 0.25) is 5.02 Å². The summed E-state index contributed by atoms with van der Waals surface area (Å²) in [5.74, 6) is -0.921. The molecular weight excluding hydrogens is 520 g/mol. The second-order valence-corrected chi connectivity index (χ2v) is 12.2.